The van der Waals surface area contributed by atoms with E-state index in [9.17, 15) is 9.59 Å². The van der Waals surface area contributed by atoms with E-state index in [1.54, 1.807) is 4.90 Å². The average Bonchev–Trinajstić information content (AvgIpc) is 3.30. The molecule has 1 aromatic carbocycles. The lowest BCUT2D eigenvalue weighted by Gasteiger charge is -2.23. The summed E-state index contributed by atoms with van der Waals surface area (Å²) in [5.74, 6) is -0.0990. The number of likely N-dealkylation sites (tertiary alicyclic amines) is 1. The number of carbonyl (C=O) groups is 2. The van der Waals surface area contributed by atoms with Crippen LogP contribution in [0.4, 0.5) is 5.00 Å². The van der Waals surface area contributed by atoms with Gasteiger partial charge in [-0.1, -0.05) is 23.8 Å². The van der Waals surface area contributed by atoms with Crippen LogP contribution in [0.3, 0.4) is 0 Å². The Hall–Kier alpha value is -2.47. The number of fused-ring (bicyclic) bond motifs is 1. The summed E-state index contributed by atoms with van der Waals surface area (Å²) >= 11 is 1.49. The number of hydrogen-bond acceptors (Lipinski definition) is 4. The van der Waals surface area contributed by atoms with E-state index in [1.807, 2.05) is 41.5 Å². The molecule has 0 aliphatic carbocycles. The lowest BCUT2D eigenvalue weighted by molar-refractivity contribution is -0.130. The molecule has 1 aromatic heterocycles. The van der Waals surface area contributed by atoms with E-state index in [0.29, 0.717) is 0 Å². The molecule has 0 spiro atoms. The Balaban J connectivity index is 1.67. The van der Waals surface area contributed by atoms with Crippen LogP contribution < -0.4 is 4.90 Å². The number of thiophene rings is 1. The Kier molecular flexibility index (Phi) is 4.59. The first kappa shape index (κ1) is 17.0. The van der Waals surface area contributed by atoms with Crippen molar-refractivity contribution < 1.29 is 9.59 Å². The van der Waals surface area contributed by atoms with Crippen molar-refractivity contribution >= 4 is 33.9 Å². The number of nitrogens with zero attached hydrogens (tertiary/aromatic N) is 3. The molecule has 0 unspecified atom stereocenters. The van der Waals surface area contributed by atoms with Crippen molar-refractivity contribution in [2.45, 2.75) is 19.8 Å². The number of hydrogen-bond donors (Lipinski definition) is 0. The van der Waals surface area contributed by atoms with Gasteiger partial charge in [0.25, 0.3) is 0 Å². The van der Waals surface area contributed by atoms with E-state index in [-0.39, 0.29) is 24.9 Å². The average molecular weight is 367 g/mol. The van der Waals surface area contributed by atoms with Gasteiger partial charge in [0.2, 0.25) is 11.8 Å². The topological polar surface area (TPSA) is 53.0 Å². The van der Waals surface area contributed by atoms with E-state index < -0.39 is 0 Å². The summed E-state index contributed by atoms with van der Waals surface area (Å²) < 4.78 is 0. The number of rotatable bonds is 3. The van der Waals surface area contributed by atoms with Gasteiger partial charge in [0, 0.05) is 24.2 Å². The lowest BCUT2D eigenvalue weighted by atomic mass is 10.0. The van der Waals surface area contributed by atoms with Crippen LogP contribution >= 0.6 is 11.3 Å². The van der Waals surface area contributed by atoms with Crippen LogP contribution in [0.25, 0.3) is 0 Å². The van der Waals surface area contributed by atoms with Crippen molar-refractivity contribution in [3.8, 4) is 0 Å². The summed E-state index contributed by atoms with van der Waals surface area (Å²) in [6.45, 7) is 3.80. The lowest BCUT2D eigenvalue weighted by Crippen LogP contribution is -2.42. The number of amides is 2. The zero-order chi connectivity index (χ0) is 18.1. The highest BCUT2D eigenvalue weighted by Gasteiger charge is 2.30. The summed E-state index contributed by atoms with van der Waals surface area (Å²) in [6.07, 6.45) is 2.09. The number of carbonyl (C=O) groups excluding carboxylic acids is 2. The molecule has 0 saturated carbocycles. The SMILES string of the molecule is Cc1cccc(C2=NCC(=O)N(CC(=O)N3CCCC3)c3sccc32)c1. The minimum Gasteiger partial charge on any atom is -0.341 e. The van der Waals surface area contributed by atoms with Crippen molar-refractivity contribution in [2.24, 2.45) is 4.99 Å². The fraction of sp³-hybridized carbons (Fsp3) is 0.350. The smallest absolute Gasteiger partial charge is 0.249 e. The first-order chi connectivity index (χ1) is 12.6. The molecule has 1 fully saturated rings. The minimum absolute atomic E-state index is 0.0224. The third kappa shape index (κ3) is 3.17. The molecule has 2 amide bonds. The Morgan fingerprint density at radius 1 is 1.23 bits per heavy atom. The van der Waals surface area contributed by atoms with Crippen molar-refractivity contribution in [1.82, 2.24) is 4.90 Å². The molecule has 2 aromatic rings. The van der Waals surface area contributed by atoms with Gasteiger partial charge in [-0.05, 0) is 37.3 Å². The van der Waals surface area contributed by atoms with Crippen molar-refractivity contribution in [1.29, 1.82) is 0 Å². The number of aliphatic imine (C=N–C) groups is 1. The standard InChI is InChI=1S/C20H21N3O2S/c1-14-5-4-6-15(11-14)19-16-7-10-26-20(16)23(17(24)12-21-19)13-18(25)22-8-2-3-9-22/h4-7,10-11H,2-3,8-9,12-13H2,1H3. The monoisotopic (exact) mass is 367 g/mol. The molecule has 2 aliphatic rings. The highest BCUT2D eigenvalue weighted by Crippen LogP contribution is 2.32. The van der Waals surface area contributed by atoms with Gasteiger partial charge < -0.3 is 4.90 Å². The summed E-state index contributed by atoms with van der Waals surface area (Å²) in [7, 11) is 0. The van der Waals surface area contributed by atoms with E-state index in [4.69, 9.17) is 0 Å². The maximum Gasteiger partial charge on any atom is 0.249 e. The van der Waals surface area contributed by atoms with Gasteiger partial charge >= 0.3 is 0 Å². The van der Waals surface area contributed by atoms with Gasteiger partial charge in [0.15, 0.2) is 0 Å². The molecule has 3 heterocycles. The molecule has 26 heavy (non-hydrogen) atoms. The normalized spacial score (nSPS) is 17.1. The highest BCUT2D eigenvalue weighted by molar-refractivity contribution is 7.15. The molecule has 1 saturated heterocycles. The Labute approximate surface area is 157 Å². The van der Waals surface area contributed by atoms with Gasteiger partial charge in [0.1, 0.15) is 18.1 Å². The maximum atomic E-state index is 12.7. The molecule has 4 rings (SSSR count). The molecular formula is C20H21N3O2S. The summed E-state index contributed by atoms with van der Waals surface area (Å²) in [5.41, 5.74) is 3.92. The number of benzene rings is 1. The number of aryl methyl sites for hydroxylation is 1. The quantitative estimate of drug-likeness (QED) is 0.838. The third-order valence-corrected chi connectivity index (χ3v) is 5.80. The molecule has 0 bridgehead atoms. The zero-order valence-electron chi connectivity index (χ0n) is 14.8. The number of anilines is 1. The first-order valence-electron chi connectivity index (χ1n) is 8.91. The van der Waals surface area contributed by atoms with Crippen molar-refractivity contribution in [3.63, 3.8) is 0 Å². The van der Waals surface area contributed by atoms with Crippen LogP contribution in [0.2, 0.25) is 0 Å². The largest absolute Gasteiger partial charge is 0.341 e. The summed E-state index contributed by atoms with van der Waals surface area (Å²) in [6, 6.07) is 10.1. The van der Waals surface area contributed by atoms with Crippen molar-refractivity contribution in [3.05, 3.63) is 52.4 Å². The predicted molar refractivity (Wildman–Crippen MR) is 104 cm³/mol. The van der Waals surface area contributed by atoms with Gasteiger partial charge in [-0.3, -0.25) is 19.5 Å². The van der Waals surface area contributed by atoms with Gasteiger partial charge in [0.05, 0.1) is 5.71 Å². The zero-order valence-corrected chi connectivity index (χ0v) is 15.6. The van der Waals surface area contributed by atoms with E-state index in [2.05, 4.69) is 11.1 Å². The fourth-order valence-corrected chi connectivity index (χ4v) is 4.44. The van der Waals surface area contributed by atoms with Gasteiger partial charge in [-0.2, -0.15) is 0 Å². The Bertz CT molecular complexity index is 881. The first-order valence-corrected chi connectivity index (χ1v) is 9.79. The molecule has 5 nitrogen and oxygen atoms in total. The van der Waals surface area contributed by atoms with Gasteiger partial charge in [-0.25, -0.2) is 0 Å². The maximum absolute atomic E-state index is 12.7. The second kappa shape index (κ2) is 7.03. The summed E-state index contributed by atoms with van der Waals surface area (Å²) in [4.78, 5) is 33.4. The Morgan fingerprint density at radius 2 is 2.04 bits per heavy atom. The second-order valence-corrected chi connectivity index (χ2v) is 7.64. The van der Waals surface area contributed by atoms with Gasteiger partial charge in [-0.15, -0.1) is 11.3 Å². The van der Waals surface area contributed by atoms with Crippen LogP contribution in [0.5, 0.6) is 0 Å². The second-order valence-electron chi connectivity index (χ2n) is 6.74. The molecule has 0 N–H and O–H groups in total. The fourth-order valence-electron chi connectivity index (χ4n) is 3.52. The highest BCUT2D eigenvalue weighted by atomic mass is 32.1. The Morgan fingerprint density at radius 3 is 2.81 bits per heavy atom. The van der Waals surface area contributed by atoms with Crippen LogP contribution in [0.1, 0.15) is 29.5 Å². The molecule has 0 radical (unpaired) electrons. The molecular weight excluding hydrogens is 346 g/mol. The predicted octanol–water partition coefficient (Wildman–Crippen LogP) is 2.86. The van der Waals surface area contributed by atoms with Crippen LogP contribution in [-0.2, 0) is 9.59 Å². The van der Waals surface area contributed by atoms with Crippen molar-refractivity contribution in [2.75, 3.05) is 31.1 Å². The third-order valence-electron chi connectivity index (χ3n) is 4.86. The molecule has 0 atom stereocenters. The summed E-state index contributed by atoms with van der Waals surface area (Å²) in [5, 5.41) is 2.78. The minimum atomic E-state index is -0.121. The van der Waals surface area contributed by atoms with E-state index >= 15 is 0 Å². The van der Waals surface area contributed by atoms with Crippen LogP contribution in [0.15, 0.2) is 40.7 Å². The van der Waals surface area contributed by atoms with E-state index in [0.717, 1.165) is 53.3 Å². The molecule has 2 aliphatic heterocycles. The molecule has 6 heteroatoms. The van der Waals surface area contributed by atoms with Crippen LogP contribution in [0, 0.1) is 6.92 Å². The van der Waals surface area contributed by atoms with Crippen LogP contribution in [-0.4, -0.2) is 48.6 Å². The van der Waals surface area contributed by atoms with E-state index in [1.165, 1.54) is 11.3 Å². The molecule has 134 valence electrons.